The molecule has 6 heterocycles. The number of carbonyl (C=O) groups excluding carboxylic acids is 2. The number of fused-ring (bicyclic) bond motifs is 4. The van der Waals surface area contributed by atoms with Gasteiger partial charge in [0.2, 0.25) is 0 Å². The number of benzene rings is 4. The molecule has 0 aliphatic carbocycles. The Bertz CT molecular complexity index is 3250. The van der Waals surface area contributed by atoms with Gasteiger partial charge in [0, 0.05) is 80.6 Å². The van der Waals surface area contributed by atoms with Crippen molar-refractivity contribution in [2.45, 2.75) is 25.7 Å². The highest BCUT2D eigenvalue weighted by Gasteiger charge is 2.18. The van der Waals surface area contributed by atoms with E-state index in [9.17, 15) is 14.9 Å². The molecule has 0 bridgehead atoms. The number of hydrogen-bond donors (Lipinski definition) is 4. The zero-order chi connectivity index (χ0) is 39.3. The maximum Gasteiger partial charge on any atom is 0.183 e. The highest BCUT2D eigenvalue weighted by molar-refractivity contribution is 6.07. The summed E-state index contributed by atoms with van der Waals surface area (Å²) in [6.07, 6.45) is 3.99. The lowest BCUT2D eigenvalue weighted by atomic mass is 9.94. The van der Waals surface area contributed by atoms with Gasteiger partial charge in [-0.15, -0.1) is 0 Å². The van der Waals surface area contributed by atoms with Gasteiger partial charge in [-0.1, -0.05) is 61.5 Å². The fourth-order valence-electron chi connectivity index (χ4n) is 7.76. The van der Waals surface area contributed by atoms with Crippen LogP contribution in [0.1, 0.15) is 61.9 Å². The molecule has 0 saturated carbocycles. The topological polar surface area (TPSA) is 173 Å². The maximum atomic E-state index is 13.5. The van der Waals surface area contributed by atoms with Gasteiger partial charge in [-0.25, -0.2) is 4.98 Å². The lowest BCUT2D eigenvalue weighted by molar-refractivity contribution is 0.0981. The molecular weight excluding hydrogens is 723 g/mol. The molecule has 6 aromatic heterocycles. The van der Waals surface area contributed by atoms with Crippen LogP contribution in [0.5, 0.6) is 0 Å². The first-order valence-electron chi connectivity index (χ1n) is 18.9. The van der Waals surface area contributed by atoms with Crippen LogP contribution >= 0.6 is 0 Å². The molecule has 1 atom stereocenters. The zero-order valence-corrected chi connectivity index (χ0v) is 31.2. The lowest BCUT2D eigenvalue weighted by Gasteiger charge is -2.13. The molecule has 0 spiro atoms. The predicted molar refractivity (Wildman–Crippen MR) is 224 cm³/mol. The standard InChI is InChI=1S/C47H33N9O2/c1-26(37-20-31(12-14-50-37)47-36-19-33-21-42(51-39(33)24-41(36)54-56-47)44(57)15-27-5-3-2-4-6-27)29-9-7-28(8-10-29)16-45(58)43-22-32-18-35-40(23-38(32)52-43)53-55-46(35)30-11-13-49-34(17-30)25-48/h2-14,17-24,26,51-52H,15-16H2,1H3,(H,53,55)(H,54,56). The first kappa shape index (κ1) is 34.5. The summed E-state index contributed by atoms with van der Waals surface area (Å²) in [6.45, 7) is 2.12. The monoisotopic (exact) mass is 755 g/mol. The third-order valence-electron chi connectivity index (χ3n) is 10.9. The van der Waals surface area contributed by atoms with Crippen molar-refractivity contribution in [2.75, 3.05) is 0 Å². The summed E-state index contributed by atoms with van der Waals surface area (Å²) >= 11 is 0. The Morgan fingerprint density at radius 2 is 1.17 bits per heavy atom. The molecule has 10 aromatic rings. The van der Waals surface area contributed by atoms with Crippen LogP contribution < -0.4 is 0 Å². The number of nitrogens with zero attached hydrogens (tertiary/aromatic N) is 5. The minimum atomic E-state index is -0.0145. The van der Waals surface area contributed by atoms with Gasteiger partial charge < -0.3 is 9.97 Å². The normalized spacial score (nSPS) is 12.1. The number of hydrogen-bond acceptors (Lipinski definition) is 7. The van der Waals surface area contributed by atoms with Crippen molar-refractivity contribution in [1.29, 1.82) is 5.26 Å². The van der Waals surface area contributed by atoms with Gasteiger partial charge in [-0.2, -0.15) is 15.5 Å². The van der Waals surface area contributed by atoms with Crippen LogP contribution in [0, 0.1) is 11.3 Å². The van der Waals surface area contributed by atoms with Crippen LogP contribution in [0.25, 0.3) is 66.1 Å². The number of Topliss-reactive ketones (excluding diaryl/α,β-unsaturated/α-hetero) is 2. The Kier molecular flexibility index (Phi) is 8.30. The van der Waals surface area contributed by atoms with E-state index in [0.29, 0.717) is 23.5 Å². The van der Waals surface area contributed by atoms with Crippen molar-refractivity contribution < 1.29 is 9.59 Å². The smallest absolute Gasteiger partial charge is 0.183 e. The number of carbonyl (C=O) groups is 2. The van der Waals surface area contributed by atoms with Crippen LogP contribution in [0.4, 0.5) is 0 Å². The molecule has 0 fully saturated rings. The van der Waals surface area contributed by atoms with Gasteiger partial charge in [0.05, 0.1) is 22.4 Å². The lowest BCUT2D eigenvalue weighted by Crippen LogP contribution is -2.04. The van der Waals surface area contributed by atoms with E-state index in [2.05, 4.69) is 72.6 Å². The third kappa shape index (κ3) is 6.28. The van der Waals surface area contributed by atoms with Gasteiger partial charge in [0.1, 0.15) is 23.2 Å². The van der Waals surface area contributed by atoms with Gasteiger partial charge in [-0.3, -0.25) is 24.8 Å². The number of rotatable bonds is 10. The summed E-state index contributed by atoms with van der Waals surface area (Å²) in [4.78, 5) is 42.0. The largest absolute Gasteiger partial charge is 0.352 e. The summed E-state index contributed by atoms with van der Waals surface area (Å²) in [5, 5.41) is 28.4. The van der Waals surface area contributed by atoms with Crippen LogP contribution in [-0.4, -0.2) is 51.9 Å². The number of H-pyrrole nitrogens is 4. The molecule has 11 nitrogen and oxygen atoms in total. The average molecular weight is 756 g/mol. The van der Waals surface area contributed by atoms with E-state index < -0.39 is 0 Å². The van der Waals surface area contributed by atoms with E-state index in [0.717, 1.165) is 88.5 Å². The number of aromatic nitrogens is 8. The summed E-state index contributed by atoms with van der Waals surface area (Å²) in [7, 11) is 0. The van der Waals surface area contributed by atoms with E-state index in [1.807, 2.05) is 91.1 Å². The minimum absolute atomic E-state index is 0.0131. The van der Waals surface area contributed by atoms with E-state index in [4.69, 9.17) is 4.98 Å². The number of nitriles is 1. The van der Waals surface area contributed by atoms with Gasteiger partial charge in [-0.05, 0) is 77.4 Å². The van der Waals surface area contributed by atoms with Crippen LogP contribution in [0.2, 0.25) is 0 Å². The zero-order valence-electron chi connectivity index (χ0n) is 31.2. The SMILES string of the molecule is CC(c1ccc(CC(=O)c2cc3cc4c(-c5ccnc(C#N)c5)n[nH]c4cc3[nH]2)cc1)c1cc(-c2n[nH]c3cc4[nH]c(C(=O)Cc5ccccc5)cc4cc23)ccn1. The number of ketones is 2. The van der Waals surface area contributed by atoms with Crippen molar-refractivity contribution in [1.82, 2.24) is 40.3 Å². The van der Waals surface area contributed by atoms with Crippen LogP contribution in [-0.2, 0) is 12.8 Å². The molecular formula is C47H33N9O2. The van der Waals surface area contributed by atoms with Crippen LogP contribution in [0.15, 0.2) is 128 Å². The summed E-state index contributed by atoms with van der Waals surface area (Å²) < 4.78 is 0. The van der Waals surface area contributed by atoms with Crippen molar-refractivity contribution in [3.8, 4) is 28.6 Å². The number of nitrogens with one attached hydrogen (secondary N) is 4. The van der Waals surface area contributed by atoms with E-state index in [1.54, 1.807) is 12.3 Å². The summed E-state index contributed by atoms with van der Waals surface area (Å²) in [5.41, 5.74) is 12.0. The molecule has 11 heteroatoms. The van der Waals surface area contributed by atoms with Crippen molar-refractivity contribution in [2.24, 2.45) is 0 Å². The Balaban J connectivity index is 0.848. The Labute approximate surface area is 330 Å². The Morgan fingerprint density at radius 1 is 0.621 bits per heavy atom. The second-order valence-corrected chi connectivity index (χ2v) is 14.6. The van der Waals surface area contributed by atoms with Crippen molar-refractivity contribution >= 4 is 55.2 Å². The number of pyridine rings is 2. The second kappa shape index (κ2) is 14.0. The highest BCUT2D eigenvalue weighted by atomic mass is 16.1. The molecule has 0 saturated heterocycles. The quantitative estimate of drug-likeness (QED) is 0.101. The molecule has 4 aromatic carbocycles. The maximum absolute atomic E-state index is 13.5. The molecule has 4 N–H and O–H groups in total. The molecule has 0 amide bonds. The van der Waals surface area contributed by atoms with Gasteiger partial charge in [0.25, 0.3) is 0 Å². The van der Waals surface area contributed by atoms with E-state index in [-0.39, 0.29) is 23.9 Å². The van der Waals surface area contributed by atoms with Gasteiger partial charge >= 0.3 is 0 Å². The molecule has 0 aliphatic heterocycles. The summed E-state index contributed by atoms with van der Waals surface area (Å²) in [6, 6.07) is 39.4. The number of aromatic amines is 4. The molecule has 10 rings (SSSR count). The second-order valence-electron chi connectivity index (χ2n) is 14.6. The summed E-state index contributed by atoms with van der Waals surface area (Å²) in [5.74, 6) is 0.0116. The Morgan fingerprint density at radius 3 is 1.76 bits per heavy atom. The van der Waals surface area contributed by atoms with E-state index in [1.165, 1.54) is 0 Å². The predicted octanol–water partition coefficient (Wildman–Crippen LogP) is 9.40. The molecule has 58 heavy (non-hydrogen) atoms. The van der Waals surface area contributed by atoms with Crippen molar-refractivity contribution in [3.05, 3.63) is 167 Å². The third-order valence-corrected chi connectivity index (χ3v) is 10.9. The first-order chi connectivity index (χ1) is 28.4. The fourth-order valence-corrected chi connectivity index (χ4v) is 7.76. The first-order valence-corrected chi connectivity index (χ1v) is 18.9. The van der Waals surface area contributed by atoms with Crippen LogP contribution in [0.3, 0.4) is 0 Å². The molecule has 278 valence electrons. The molecule has 0 radical (unpaired) electrons. The highest BCUT2D eigenvalue weighted by Crippen LogP contribution is 2.34. The van der Waals surface area contributed by atoms with Gasteiger partial charge in [0.15, 0.2) is 11.6 Å². The molecule has 0 aliphatic rings. The van der Waals surface area contributed by atoms with E-state index >= 15 is 0 Å². The Hall–Kier alpha value is -7.97. The fraction of sp³-hybridized carbons (Fsp3) is 0.0851. The average Bonchev–Trinajstić information content (AvgIpc) is 4.07. The minimum Gasteiger partial charge on any atom is -0.352 e. The van der Waals surface area contributed by atoms with Crippen molar-refractivity contribution in [3.63, 3.8) is 0 Å². The molecule has 1 unspecified atom stereocenters.